The smallest absolute Gasteiger partial charge is 0.223 e. The van der Waals surface area contributed by atoms with Gasteiger partial charge in [0, 0.05) is 38.1 Å². The summed E-state index contributed by atoms with van der Waals surface area (Å²) in [6.07, 6.45) is 2.94. The molecule has 0 spiro atoms. The molecular formula is C26H32N2O2. The Morgan fingerprint density at radius 2 is 1.77 bits per heavy atom. The minimum atomic E-state index is 0.400. The van der Waals surface area contributed by atoms with Gasteiger partial charge >= 0.3 is 0 Å². The van der Waals surface area contributed by atoms with Crippen molar-refractivity contribution in [3.05, 3.63) is 60.2 Å². The van der Waals surface area contributed by atoms with Gasteiger partial charge in [0.2, 0.25) is 5.91 Å². The first-order chi connectivity index (χ1) is 14.6. The highest BCUT2D eigenvalue weighted by molar-refractivity contribution is 5.78. The van der Waals surface area contributed by atoms with Crippen LogP contribution in [0.3, 0.4) is 0 Å². The molecule has 1 amide bonds. The Bertz CT molecular complexity index is 897. The van der Waals surface area contributed by atoms with Gasteiger partial charge in [-0.15, -0.1) is 0 Å². The van der Waals surface area contributed by atoms with E-state index >= 15 is 0 Å². The standard InChI is InChI=1S/C26H32N2O2/c1-18(2)24-14-21-17-27(16-20-11-12-25(29)28(24)26(20)21)15-19-7-6-10-23(13-19)30-22-8-4-3-5-9-22/h3-10,13,18,20-21,24,26H,11-12,14-17H2,1-2H3/t20-,21?,24?,26-/m1/s1. The normalized spacial score (nSPS) is 28.6. The Morgan fingerprint density at radius 1 is 1.00 bits per heavy atom. The Morgan fingerprint density at radius 3 is 2.57 bits per heavy atom. The summed E-state index contributed by atoms with van der Waals surface area (Å²) in [5.74, 6) is 3.94. The van der Waals surface area contributed by atoms with Crippen LogP contribution < -0.4 is 4.74 Å². The molecule has 0 saturated carbocycles. The molecule has 2 aromatic carbocycles. The molecule has 158 valence electrons. The zero-order valence-electron chi connectivity index (χ0n) is 18.0. The van der Waals surface area contributed by atoms with Gasteiger partial charge in [-0.2, -0.15) is 0 Å². The van der Waals surface area contributed by atoms with E-state index < -0.39 is 0 Å². The van der Waals surface area contributed by atoms with Crippen LogP contribution in [0.4, 0.5) is 0 Å². The summed E-state index contributed by atoms with van der Waals surface area (Å²) in [6.45, 7) is 7.69. The summed E-state index contributed by atoms with van der Waals surface area (Å²) < 4.78 is 6.03. The van der Waals surface area contributed by atoms with E-state index in [1.165, 1.54) is 5.56 Å². The lowest BCUT2D eigenvalue weighted by Crippen LogP contribution is -2.57. The van der Waals surface area contributed by atoms with E-state index in [1.54, 1.807) is 0 Å². The third-order valence-electron chi connectivity index (χ3n) is 7.24. The second-order valence-corrected chi connectivity index (χ2v) is 9.65. The number of rotatable bonds is 5. The van der Waals surface area contributed by atoms with Crippen molar-refractivity contribution in [2.45, 2.75) is 51.7 Å². The predicted molar refractivity (Wildman–Crippen MR) is 118 cm³/mol. The summed E-state index contributed by atoms with van der Waals surface area (Å²) in [6, 6.07) is 19.3. The van der Waals surface area contributed by atoms with Gasteiger partial charge in [-0.1, -0.05) is 44.2 Å². The summed E-state index contributed by atoms with van der Waals surface area (Å²) in [4.78, 5) is 17.6. The van der Waals surface area contributed by atoms with Gasteiger partial charge in [-0.3, -0.25) is 9.69 Å². The Labute approximate surface area is 179 Å². The highest BCUT2D eigenvalue weighted by Crippen LogP contribution is 2.45. The fourth-order valence-electron chi connectivity index (χ4n) is 6.02. The van der Waals surface area contributed by atoms with E-state index in [1.807, 2.05) is 36.4 Å². The van der Waals surface area contributed by atoms with Crippen molar-refractivity contribution in [2.75, 3.05) is 13.1 Å². The van der Waals surface area contributed by atoms with E-state index in [9.17, 15) is 4.79 Å². The molecule has 3 aliphatic heterocycles. The average molecular weight is 405 g/mol. The van der Waals surface area contributed by atoms with Gasteiger partial charge in [-0.05, 0) is 60.4 Å². The van der Waals surface area contributed by atoms with Crippen LogP contribution in [0, 0.1) is 17.8 Å². The minimum Gasteiger partial charge on any atom is -0.457 e. The second-order valence-electron chi connectivity index (χ2n) is 9.65. The molecule has 2 aromatic rings. The largest absolute Gasteiger partial charge is 0.457 e. The molecule has 4 atom stereocenters. The van der Waals surface area contributed by atoms with Crippen LogP contribution in [0.2, 0.25) is 0 Å². The van der Waals surface area contributed by atoms with Crippen molar-refractivity contribution < 1.29 is 9.53 Å². The highest BCUT2D eigenvalue weighted by atomic mass is 16.5. The quantitative estimate of drug-likeness (QED) is 0.707. The van der Waals surface area contributed by atoms with Crippen LogP contribution in [0.1, 0.15) is 38.7 Å². The van der Waals surface area contributed by atoms with Crippen LogP contribution >= 0.6 is 0 Å². The SMILES string of the molecule is CC(C)C1CC2CN(Cc3cccc(Oc4ccccc4)c3)C[C@H]3CCC(=O)N1[C@@H]23. The van der Waals surface area contributed by atoms with Gasteiger partial charge in [0.25, 0.3) is 0 Å². The molecule has 3 saturated heterocycles. The van der Waals surface area contributed by atoms with Gasteiger partial charge in [0.05, 0.1) is 0 Å². The van der Waals surface area contributed by atoms with Crippen LogP contribution in [-0.4, -0.2) is 40.9 Å². The molecule has 4 heteroatoms. The minimum absolute atomic E-state index is 0.400. The fourth-order valence-corrected chi connectivity index (χ4v) is 6.02. The van der Waals surface area contributed by atoms with E-state index in [4.69, 9.17) is 4.74 Å². The van der Waals surface area contributed by atoms with Crippen molar-refractivity contribution in [3.8, 4) is 11.5 Å². The first-order valence-corrected chi connectivity index (χ1v) is 11.4. The summed E-state index contributed by atoms with van der Waals surface area (Å²) in [5.41, 5.74) is 1.30. The zero-order valence-corrected chi connectivity index (χ0v) is 18.0. The Kier molecular flexibility index (Phi) is 5.28. The summed E-state index contributed by atoms with van der Waals surface area (Å²) >= 11 is 0. The Balaban J connectivity index is 1.29. The van der Waals surface area contributed by atoms with E-state index in [-0.39, 0.29) is 0 Å². The van der Waals surface area contributed by atoms with Crippen molar-refractivity contribution in [2.24, 2.45) is 17.8 Å². The van der Waals surface area contributed by atoms with Gasteiger partial charge in [-0.25, -0.2) is 0 Å². The highest BCUT2D eigenvalue weighted by Gasteiger charge is 2.52. The van der Waals surface area contributed by atoms with Crippen molar-refractivity contribution in [3.63, 3.8) is 0 Å². The van der Waals surface area contributed by atoms with E-state index in [2.05, 4.69) is 41.8 Å². The number of likely N-dealkylation sites (tertiary alicyclic amines) is 1. The molecule has 3 heterocycles. The van der Waals surface area contributed by atoms with Gasteiger partial charge in [0.15, 0.2) is 0 Å². The topological polar surface area (TPSA) is 32.8 Å². The number of ether oxygens (including phenoxy) is 1. The first kappa shape index (κ1) is 19.6. The molecule has 4 nitrogen and oxygen atoms in total. The maximum Gasteiger partial charge on any atom is 0.223 e. The van der Waals surface area contributed by atoms with Gasteiger partial charge in [0.1, 0.15) is 11.5 Å². The number of carbonyl (C=O) groups excluding carboxylic acids is 1. The maximum atomic E-state index is 12.7. The summed E-state index contributed by atoms with van der Waals surface area (Å²) in [7, 11) is 0. The second kappa shape index (κ2) is 8.07. The van der Waals surface area contributed by atoms with Crippen molar-refractivity contribution in [1.82, 2.24) is 9.80 Å². The molecule has 30 heavy (non-hydrogen) atoms. The average Bonchev–Trinajstić information content (AvgIpc) is 3.13. The molecule has 3 aliphatic rings. The monoisotopic (exact) mass is 404 g/mol. The molecule has 0 N–H and O–H groups in total. The molecule has 5 rings (SSSR count). The van der Waals surface area contributed by atoms with Gasteiger partial charge < -0.3 is 9.64 Å². The third kappa shape index (κ3) is 3.74. The Hall–Kier alpha value is -2.33. The number of para-hydroxylation sites is 1. The number of hydrogen-bond acceptors (Lipinski definition) is 3. The molecule has 0 radical (unpaired) electrons. The van der Waals surface area contributed by atoms with Crippen LogP contribution in [-0.2, 0) is 11.3 Å². The molecule has 0 aromatic heterocycles. The number of nitrogens with zero attached hydrogens (tertiary/aromatic N) is 2. The number of piperidine rings is 2. The third-order valence-corrected chi connectivity index (χ3v) is 7.24. The lowest BCUT2D eigenvalue weighted by molar-refractivity contribution is -0.142. The molecule has 2 unspecified atom stereocenters. The van der Waals surface area contributed by atoms with Crippen LogP contribution in [0.25, 0.3) is 0 Å². The number of amides is 1. The molecule has 0 aliphatic carbocycles. The van der Waals surface area contributed by atoms with Crippen LogP contribution in [0.15, 0.2) is 54.6 Å². The fraction of sp³-hybridized carbons (Fsp3) is 0.500. The number of hydrogen-bond donors (Lipinski definition) is 0. The van der Waals surface area contributed by atoms with Crippen molar-refractivity contribution in [1.29, 1.82) is 0 Å². The molecular weight excluding hydrogens is 372 g/mol. The first-order valence-electron chi connectivity index (χ1n) is 11.4. The maximum absolute atomic E-state index is 12.7. The molecule has 3 fully saturated rings. The summed E-state index contributed by atoms with van der Waals surface area (Å²) in [5, 5.41) is 0. The lowest BCUT2D eigenvalue weighted by atomic mass is 9.79. The van der Waals surface area contributed by atoms with Crippen molar-refractivity contribution >= 4 is 5.91 Å². The number of benzene rings is 2. The number of carbonyl (C=O) groups is 1. The molecule has 0 bridgehead atoms. The zero-order chi connectivity index (χ0) is 20.7. The lowest BCUT2D eigenvalue weighted by Gasteiger charge is -2.47. The van der Waals surface area contributed by atoms with E-state index in [0.717, 1.165) is 50.4 Å². The van der Waals surface area contributed by atoms with E-state index in [0.29, 0.717) is 35.7 Å². The van der Waals surface area contributed by atoms with Crippen LogP contribution in [0.5, 0.6) is 11.5 Å². The predicted octanol–water partition coefficient (Wildman–Crippen LogP) is 4.95.